The number of rotatable bonds is 4. The van der Waals surface area contributed by atoms with Crippen molar-refractivity contribution in [2.45, 2.75) is 32.7 Å². The summed E-state index contributed by atoms with van der Waals surface area (Å²) in [5.74, 6) is 1.92. The van der Waals surface area contributed by atoms with Gasteiger partial charge in [-0.25, -0.2) is 0 Å². The highest BCUT2D eigenvalue weighted by molar-refractivity contribution is 5.69. The van der Waals surface area contributed by atoms with Gasteiger partial charge in [0.05, 0.1) is 12.8 Å². The summed E-state index contributed by atoms with van der Waals surface area (Å²) in [5.41, 5.74) is 6.20. The molecule has 6 heteroatoms. The number of hydrogen-bond acceptors (Lipinski definition) is 6. The van der Waals surface area contributed by atoms with Crippen molar-refractivity contribution in [1.29, 1.82) is 0 Å². The molecule has 1 aromatic carbocycles. The first-order chi connectivity index (χ1) is 16.4. The van der Waals surface area contributed by atoms with Crippen molar-refractivity contribution in [3.8, 4) is 5.75 Å². The number of benzene rings is 1. The molecule has 0 bridgehead atoms. The Balaban J connectivity index is 1.33. The van der Waals surface area contributed by atoms with Crippen LogP contribution in [0.3, 0.4) is 0 Å². The lowest BCUT2D eigenvalue weighted by Crippen LogP contribution is -2.47. The number of pyridine rings is 1. The molecular formula is C28H36N4O2. The van der Waals surface area contributed by atoms with Crippen LogP contribution in [-0.2, 0) is 11.2 Å². The van der Waals surface area contributed by atoms with Gasteiger partial charge in [-0.05, 0) is 51.0 Å². The molecule has 1 saturated heterocycles. The third-order valence-corrected chi connectivity index (χ3v) is 7.09. The van der Waals surface area contributed by atoms with Crippen LogP contribution in [0.15, 0.2) is 59.8 Å². The minimum Gasteiger partial charge on any atom is -0.495 e. The summed E-state index contributed by atoms with van der Waals surface area (Å²) >= 11 is 0. The van der Waals surface area contributed by atoms with Crippen LogP contribution in [0.5, 0.6) is 5.75 Å². The molecule has 0 saturated carbocycles. The molecule has 0 spiro atoms. The Kier molecular flexibility index (Phi) is 6.36. The molecule has 5 rings (SSSR count). The van der Waals surface area contributed by atoms with Gasteiger partial charge >= 0.3 is 0 Å². The zero-order chi connectivity index (χ0) is 23.7. The van der Waals surface area contributed by atoms with E-state index in [-0.39, 0.29) is 5.54 Å². The van der Waals surface area contributed by atoms with E-state index in [9.17, 15) is 0 Å². The molecule has 1 fully saturated rings. The van der Waals surface area contributed by atoms with E-state index < -0.39 is 0 Å². The van der Waals surface area contributed by atoms with Gasteiger partial charge in [0.1, 0.15) is 18.2 Å². The van der Waals surface area contributed by atoms with Gasteiger partial charge in [0.15, 0.2) is 5.76 Å². The largest absolute Gasteiger partial charge is 0.495 e. The zero-order valence-electron chi connectivity index (χ0n) is 20.9. The molecule has 0 radical (unpaired) electrons. The molecule has 0 unspecified atom stereocenters. The maximum Gasteiger partial charge on any atom is 0.151 e. The molecule has 3 heterocycles. The highest BCUT2D eigenvalue weighted by atomic mass is 16.5. The van der Waals surface area contributed by atoms with Crippen LogP contribution < -0.4 is 9.64 Å². The van der Waals surface area contributed by atoms with Crippen LogP contribution in [0.1, 0.15) is 32.0 Å². The lowest BCUT2D eigenvalue weighted by Gasteiger charge is -2.39. The minimum atomic E-state index is 0.0562. The second-order valence-corrected chi connectivity index (χ2v) is 10.4. The van der Waals surface area contributed by atoms with Crippen molar-refractivity contribution >= 4 is 11.4 Å². The van der Waals surface area contributed by atoms with Crippen LogP contribution in [0, 0.1) is 0 Å². The average molecular weight is 461 g/mol. The number of aromatic nitrogens is 1. The van der Waals surface area contributed by atoms with Gasteiger partial charge in [-0.2, -0.15) is 0 Å². The fraction of sp³-hybridized carbons (Fsp3) is 0.464. The Bertz CT molecular complexity index is 1090. The van der Waals surface area contributed by atoms with Crippen LogP contribution in [-0.4, -0.2) is 73.4 Å². The second-order valence-electron chi connectivity index (χ2n) is 10.4. The topological polar surface area (TPSA) is 41.1 Å². The first-order valence-electron chi connectivity index (χ1n) is 12.3. The summed E-state index contributed by atoms with van der Waals surface area (Å²) < 4.78 is 11.9. The summed E-state index contributed by atoms with van der Waals surface area (Å²) in [6.07, 6.45) is 5.19. The Hall–Kier alpha value is -2.83. The van der Waals surface area contributed by atoms with Crippen LogP contribution in [0.4, 0.5) is 5.69 Å². The predicted molar refractivity (Wildman–Crippen MR) is 137 cm³/mol. The molecule has 2 aliphatic heterocycles. The van der Waals surface area contributed by atoms with E-state index in [0.29, 0.717) is 6.73 Å². The summed E-state index contributed by atoms with van der Waals surface area (Å²) in [7, 11) is 1.75. The van der Waals surface area contributed by atoms with Crippen molar-refractivity contribution < 1.29 is 9.47 Å². The number of hydrogen-bond donors (Lipinski definition) is 0. The van der Waals surface area contributed by atoms with Crippen molar-refractivity contribution in [3.63, 3.8) is 0 Å². The molecule has 0 amide bonds. The molecule has 0 N–H and O–H groups in total. The van der Waals surface area contributed by atoms with E-state index in [1.807, 2.05) is 24.4 Å². The molecule has 6 nitrogen and oxygen atoms in total. The monoisotopic (exact) mass is 460 g/mol. The van der Waals surface area contributed by atoms with Gasteiger partial charge < -0.3 is 14.4 Å². The van der Waals surface area contributed by atoms with Crippen molar-refractivity contribution in [2.24, 2.45) is 0 Å². The highest BCUT2D eigenvalue weighted by Crippen LogP contribution is 2.34. The standard InChI is InChI=1S/C28H36N4O2/c1-28(2,3)32-19-23-17-21(16-22-8-7-11-29-26(22)27(23)34-20-32)18-30-12-14-31(15-13-30)24-9-5-6-10-25(24)33-4/h5-11,17H,12-16,18-20H2,1-4H3. The number of para-hydroxylation sites is 2. The normalized spacial score (nSPS) is 19.6. The summed E-state index contributed by atoms with van der Waals surface area (Å²) in [6.45, 7) is 13.3. The molecule has 1 aromatic heterocycles. The van der Waals surface area contributed by atoms with Crippen LogP contribution >= 0.6 is 0 Å². The maximum absolute atomic E-state index is 6.32. The van der Waals surface area contributed by atoms with E-state index in [4.69, 9.17) is 14.5 Å². The second kappa shape index (κ2) is 9.43. The lowest BCUT2D eigenvalue weighted by molar-refractivity contribution is 0.0277. The molecule has 2 aromatic rings. The SMILES string of the molecule is COc1ccccc1N1CCN(CC2=CC3=C(OCN(C(C)(C)C)C3)c3ncccc3C2)CC1. The average Bonchev–Trinajstić information content (AvgIpc) is 2.99. The van der Waals surface area contributed by atoms with E-state index in [1.165, 1.54) is 22.4 Å². The number of methoxy groups -OCH3 is 1. The smallest absolute Gasteiger partial charge is 0.151 e. The Labute approximate surface area is 203 Å². The summed E-state index contributed by atoms with van der Waals surface area (Å²) in [4.78, 5) is 12.1. The first kappa shape index (κ1) is 22.9. The third-order valence-electron chi connectivity index (χ3n) is 7.09. The number of fused-ring (bicyclic) bond motifs is 2. The van der Waals surface area contributed by atoms with E-state index in [1.54, 1.807) is 7.11 Å². The molecule has 34 heavy (non-hydrogen) atoms. The zero-order valence-corrected chi connectivity index (χ0v) is 20.9. The minimum absolute atomic E-state index is 0.0562. The molecule has 3 aliphatic rings. The quantitative estimate of drug-likeness (QED) is 0.681. The third kappa shape index (κ3) is 4.70. The van der Waals surface area contributed by atoms with E-state index >= 15 is 0 Å². The fourth-order valence-electron chi connectivity index (χ4n) is 5.08. The number of ether oxygens (including phenoxy) is 2. The van der Waals surface area contributed by atoms with Crippen molar-refractivity contribution in [1.82, 2.24) is 14.8 Å². The Morgan fingerprint density at radius 1 is 1.03 bits per heavy atom. The predicted octanol–water partition coefficient (Wildman–Crippen LogP) is 4.19. The van der Waals surface area contributed by atoms with Gasteiger partial charge in [-0.3, -0.25) is 14.8 Å². The summed E-state index contributed by atoms with van der Waals surface area (Å²) in [5, 5.41) is 0. The molecular weight excluding hydrogens is 424 g/mol. The van der Waals surface area contributed by atoms with Crippen LogP contribution in [0.2, 0.25) is 0 Å². The molecule has 0 atom stereocenters. The van der Waals surface area contributed by atoms with E-state index in [0.717, 1.165) is 62.9 Å². The fourth-order valence-corrected chi connectivity index (χ4v) is 5.08. The first-order valence-corrected chi connectivity index (χ1v) is 12.3. The van der Waals surface area contributed by atoms with E-state index in [2.05, 4.69) is 59.7 Å². The van der Waals surface area contributed by atoms with Gasteiger partial charge in [0.2, 0.25) is 0 Å². The molecule has 1 aliphatic carbocycles. The number of anilines is 1. The van der Waals surface area contributed by atoms with Gasteiger partial charge in [-0.15, -0.1) is 0 Å². The lowest BCUT2D eigenvalue weighted by atomic mass is 10.0. The Morgan fingerprint density at radius 2 is 1.82 bits per heavy atom. The Morgan fingerprint density at radius 3 is 2.59 bits per heavy atom. The van der Waals surface area contributed by atoms with Gasteiger partial charge in [0, 0.05) is 56.6 Å². The van der Waals surface area contributed by atoms with Gasteiger partial charge in [0.25, 0.3) is 0 Å². The van der Waals surface area contributed by atoms with Crippen LogP contribution in [0.25, 0.3) is 5.76 Å². The number of piperazine rings is 1. The van der Waals surface area contributed by atoms with Crippen molar-refractivity contribution in [3.05, 3.63) is 71.1 Å². The summed E-state index contributed by atoms with van der Waals surface area (Å²) in [6, 6.07) is 12.6. The van der Waals surface area contributed by atoms with Crippen molar-refractivity contribution in [2.75, 3.05) is 58.0 Å². The highest BCUT2D eigenvalue weighted by Gasteiger charge is 2.31. The number of nitrogens with zero attached hydrogens (tertiary/aromatic N) is 4. The maximum atomic E-state index is 6.32. The molecule has 180 valence electrons. The van der Waals surface area contributed by atoms with Gasteiger partial charge in [-0.1, -0.05) is 29.8 Å².